The molecule has 0 radical (unpaired) electrons. The minimum absolute atomic E-state index is 0.530. The number of nitrogens with zero attached hydrogens (tertiary/aromatic N) is 1. The molecule has 70 valence electrons. The smallest absolute Gasteiger partial charge is 0.0936 e. The summed E-state index contributed by atoms with van der Waals surface area (Å²) >= 11 is 0. The zero-order chi connectivity index (χ0) is 8.39. The molecule has 0 aromatic heterocycles. The summed E-state index contributed by atoms with van der Waals surface area (Å²) in [4.78, 5) is 2.50. The van der Waals surface area contributed by atoms with Gasteiger partial charge >= 0.3 is 0 Å². The van der Waals surface area contributed by atoms with Gasteiger partial charge in [-0.15, -0.1) is 0 Å². The van der Waals surface area contributed by atoms with Crippen LogP contribution in [0.2, 0.25) is 0 Å². The van der Waals surface area contributed by atoms with Gasteiger partial charge in [-0.05, 0) is 12.8 Å². The zero-order valence-electron chi connectivity index (χ0n) is 7.66. The molecule has 1 atom stereocenters. The first-order valence-corrected chi connectivity index (χ1v) is 4.74. The summed E-state index contributed by atoms with van der Waals surface area (Å²) in [5, 5.41) is 0. The maximum atomic E-state index is 5.21. The quantitative estimate of drug-likeness (QED) is 0.544. The molecule has 1 aliphatic heterocycles. The average molecular weight is 171 g/mol. The molecule has 1 unspecified atom stereocenters. The normalized spacial score (nSPS) is 28.0. The van der Waals surface area contributed by atoms with Gasteiger partial charge in [-0.1, -0.05) is 0 Å². The number of methoxy groups -OCH3 is 1. The predicted octanol–water partition coefficient (Wildman–Crippen LogP) is 0.496. The number of ether oxygens (including phenoxy) is 2. The van der Waals surface area contributed by atoms with Gasteiger partial charge in [0.15, 0.2) is 0 Å². The standard InChI is InChI=1S/C9H17NO2/c1-11-5-4-10(8-2-3-8)6-9-7-12-9/h8-9H,2-7H2,1H3. The first kappa shape index (κ1) is 8.48. The third kappa shape index (κ3) is 2.44. The van der Waals surface area contributed by atoms with Crippen LogP contribution in [0.25, 0.3) is 0 Å². The fourth-order valence-corrected chi connectivity index (χ4v) is 1.51. The molecule has 3 nitrogen and oxygen atoms in total. The minimum Gasteiger partial charge on any atom is -0.383 e. The van der Waals surface area contributed by atoms with Crippen molar-refractivity contribution in [2.24, 2.45) is 0 Å². The minimum atomic E-state index is 0.530. The van der Waals surface area contributed by atoms with Gasteiger partial charge in [0.1, 0.15) is 0 Å². The average Bonchev–Trinajstić information content (AvgIpc) is 2.85. The van der Waals surface area contributed by atoms with Crippen molar-refractivity contribution in [2.75, 3.05) is 33.4 Å². The van der Waals surface area contributed by atoms with Gasteiger partial charge in [-0.3, -0.25) is 4.90 Å². The number of hydrogen-bond acceptors (Lipinski definition) is 3. The van der Waals surface area contributed by atoms with E-state index in [0.29, 0.717) is 6.10 Å². The fraction of sp³-hybridized carbons (Fsp3) is 1.00. The highest BCUT2D eigenvalue weighted by Gasteiger charge is 2.33. The van der Waals surface area contributed by atoms with Crippen LogP contribution >= 0.6 is 0 Å². The summed E-state index contributed by atoms with van der Waals surface area (Å²) in [5.41, 5.74) is 0. The van der Waals surface area contributed by atoms with E-state index in [1.54, 1.807) is 7.11 Å². The van der Waals surface area contributed by atoms with E-state index >= 15 is 0 Å². The molecule has 2 rings (SSSR count). The molecule has 2 fully saturated rings. The molecule has 1 heterocycles. The molecule has 0 N–H and O–H groups in total. The van der Waals surface area contributed by atoms with E-state index in [1.807, 2.05) is 0 Å². The van der Waals surface area contributed by atoms with Gasteiger partial charge in [0.25, 0.3) is 0 Å². The van der Waals surface area contributed by atoms with E-state index in [-0.39, 0.29) is 0 Å². The van der Waals surface area contributed by atoms with Gasteiger partial charge in [0.05, 0.1) is 19.3 Å². The van der Waals surface area contributed by atoms with Crippen LogP contribution in [-0.4, -0.2) is 50.5 Å². The van der Waals surface area contributed by atoms with E-state index < -0.39 is 0 Å². The van der Waals surface area contributed by atoms with Gasteiger partial charge < -0.3 is 9.47 Å². The third-order valence-electron chi connectivity index (χ3n) is 2.49. The Kier molecular flexibility index (Phi) is 2.63. The Morgan fingerprint density at radius 3 is 2.75 bits per heavy atom. The summed E-state index contributed by atoms with van der Waals surface area (Å²) < 4.78 is 10.3. The fourth-order valence-electron chi connectivity index (χ4n) is 1.51. The molecule has 1 saturated heterocycles. The first-order chi connectivity index (χ1) is 5.90. The lowest BCUT2D eigenvalue weighted by molar-refractivity contribution is 0.137. The number of hydrogen-bond donors (Lipinski definition) is 0. The number of rotatable bonds is 6. The molecule has 1 aliphatic carbocycles. The second-order valence-electron chi connectivity index (χ2n) is 3.67. The zero-order valence-corrected chi connectivity index (χ0v) is 7.66. The predicted molar refractivity (Wildman–Crippen MR) is 46.2 cm³/mol. The lowest BCUT2D eigenvalue weighted by atomic mass is 10.4. The second kappa shape index (κ2) is 3.73. The van der Waals surface area contributed by atoms with E-state index in [4.69, 9.17) is 9.47 Å². The lowest BCUT2D eigenvalue weighted by Gasteiger charge is -2.19. The van der Waals surface area contributed by atoms with Crippen LogP contribution in [-0.2, 0) is 9.47 Å². The Balaban J connectivity index is 1.68. The largest absolute Gasteiger partial charge is 0.383 e. The van der Waals surface area contributed by atoms with Crippen molar-refractivity contribution in [1.29, 1.82) is 0 Å². The highest BCUT2D eigenvalue weighted by atomic mass is 16.6. The molecule has 0 bridgehead atoms. The van der Waals surface area contributed by atoms with Crippen LogP contribution in [0.4, 0.5) is 0 Å². The maximum absolute atomic E-state index is 5.21. The molecule has 0 aromatic rings. The molecule has 3 heteroatoms. The Labute approximate surface area is 73.6 Å². The highest BCUT2D eigenvalue weighted by molar-refractivity contribution is 4.87. The summed E-state index contributed by atoms with van der Waals surface area (Å²) in [6.45, 7) is 4.01. The van der Waals surface area contributed by atoms with Gasteiger partial charge in [0, 0.05) is 26.2 Å². The molecule has 1 saturated carbocycles. The molecule has 0 aromatic carbocycles. The van der Waals surface area contributed by atoms with Crippen molar-refractivity contribution in [3.8, 4) is 0 Å². The molecule has 12 heavy (non-hydrogen) atoms. The van der Waals surface area contributed by atoms with Gasteiger partial charge in [-0.25, -0.2) is 0 Å². The molecular formula is C9H17NO2. The van der Waals surface area contributed by atoms with Crippen LogP contribution in [0.15, 0.2) is 0 Å². The first-order valence-electron chi connectivity index (χ1n) is 4.74. The van der Waals surface area contributed by atoms with Crippen molar-refractivity contribution in [3.05, 3.63) is 0 Å². The summed E-state index contributed by atoms with van der Waals surface area (Å²) in [7, 11) is 1.76. The molecule has 2 aliphatic rings. The van der Waals surface area contributed by atoms with Crippen LogP contribution in [0.1, 0.15) is 12.8 Å². The monoisotopic (exact) mass is 171 g/mol. The van der Waals surface area contributed by atoms with Crippen molar-refractivity contribution < 1.29 is 9.47 Å². The second-order valence-corrected chi connectivity index (χ2v) is 3.67. The van der Waals surface area contributed by atoms with E-state index in [0.717, 1.165) is 32.3 Å². The SMILES string of the molecule is COCCN(CC1CO1)C1CC1. The van der Waals surface area contributed by atoms with Crippen LogP contribution in [0.3, 0.4) is 0 Å². The van der Waals surface area contributed by atoms with Crippen LogP contribution in [0.5, 0.6) is 0 Å². The summed E-state index contributed by atoms with van der Waals surface area (Å²) in [5.74, 6) is 0. The van der Waals surface area contributed by atoms with Gasteiger partial charge in [0.2, 0.25) is 0 Å². The molecule has 0 spiro atoms. The summed E-state index contributed by atoms with van der Waals surface area (Å²) in [6, 6.07) is 0.837. The summed E-state index contributed by atoms with van der Waals surface area (Å²) in [6.07, 6.45) is 3.27. The third-order valence-corrected chi connectivity index (χ3v) is 2.49. The highest BCUT2D eigenvalue weighted by Crippen LogP contribution is 2.28. The van der Waals surface area contributed by atoms with E-state index in [1.165, 1.54) is 12.8 Å². The van der Waals surface area contributed by atoms with E-state index in [9.17, 15) is 0 Å². The van der Waals surface area contributed by atoms with Gasteiger partial charge in [-0.2, -0.15) is 0 Å². The van der Waals surface area contributed by atoms with Crippen molar-refractivity contribution >= 4 is 0 Å². The van der Waals surface area contributed by atoms with E-state index in [2.05, 4.69) is 4.90 Å². The lowest BCUT2D eigenvalue weighted by Crippen LogP contribution is -2.33. The van der Waals surface area contributed by atoms with Crippen molar-refractivity contribution in [1.82, 2.24) is 4.90 Å². The maximum Gasteiger partial charge on any atom is 0.0936 e. The Bertz CT molecular complexity index is 143. The molecule has 0 amide bonds. The Morgan fingerprint density at radius 1 is 1.50 bits per heavy atom. The Hall–Kier alpha value is -0.120. The Morgan fingerprint density at radius 2 is 2.25 bits per heavy atom. The van der Waals surface area contributed by atoms with Crippen LogP contribution < -0.4 is 0 Å². The van der Waals surface area contributed by atoms with Crippen molar-refractivity contribution in [3.63, 3.8) is 0 Å². The topological polar surface area (TPSA) is 25.0 Å². The van der Waals surface area contributed by atoms with Crippen LogP contribution in [0, 0.1) is 0 Å². The number of epoxide rings is 1. The van der Waals surface area contributed by atoms with Crippen molar-refractivity contribution in [2.45, 2.75) is 25.0 Å². The molecular weight excluding hydrogens is 154 g/mol.